The maximum absolute atomic E-state index is 5.74. The topological polar surface area (TPSA) is 30.5 Å². The third-order valence-corrected chi connectivity index (χ3v) is 2.55. The van der Waals surface area contributed by atoms with E-state index in [0.717, 1.165) is 25.3 Å². The molecule has 0 fully saturated rings. The zero-order valence-electron chi connectivity index (χ0n) is 11.0. The van der Waals surface area contributed by atoms with Gasteiger partial charge in [0.1, 0.15) is 5.75 Å². The van der Waals surface area contributed by atoms with Crippen LogP contribution in [0, 0.1) is 0 Å². The van der Waals surface area contributed by atoms with Crippen LogP contribution in [0.2, 0.25) is 0 Å². The van der Waals surface area contributed by atoms with Gasteiger partial charge in [-0.3, -0.25) is 0 Å². The number of rotatable bonds is 8. The molecule has 17 heavy (non-hydrogen) atoms. The summed E-state index contributed by atoms with van der Waals surface area (Å²) in [7, 11) is 1.67. The fourth-order valence-electron chi connectivity index (χ4n) is 1.50. The van der Waals surface area contributed by atoms with E-state index in [4.69, 9.17) is 9.47 Å². The van der Waals surface area contributed by atoms with Crippen LogP contribution in [0.1, 0.15) is 25.8 Å². The molecule has 96 valence electrons. The van der Waals surface area contributed by atoms with Crippen molar-refractivity contribution < 1.29 is 9.47 Å². The molecular formula is C14H23NO2. The van der Waals surface area contributed by atoms with Gasteiger partial charge in [0, 0.05) is 6.54 Å². The van der Waals surface area contributed by atoms with Gasteiger partial charge in [-0.05, 0) is 37.6 Å². The van der Waals surface area contributed by atoms with Crippen LogP contribution < -0.4 is 10.1 Å². The van der Waals surface area contributed by atoms with Gasteiger partial charge in [-0.15, -0.1) is 0 Å². The average molecular weight is 237 g/mol. The van der Waals surface area contributed by atoms with Crippen molar-refractivity contribution in [1.29, 1.82) is 0 Å². The first-order chi connectivity index (χ1) is 8.26. The van der Waals surface area contributed by atoms with Crippen molar-refractivity contribution >= 4 is 0 Å². The second-order valence-corrected chi connectivity index (χ2v) is 4.17. The van der Waals surface area contributed by atoms with E-state index in [0.29, 0.717) is 6.61 Å². The zero-order chi connectivity index (χ0) is 12.5. The molecule has 1 rings (SSSR count). The Morgan fingerprint density at radius 1 is 1.24 bits per heavy atom. The molecule has 0 spiro atoms. The molecule has 0 saturated carbocycles. The van der Waals surface area contributed by atoms with Crippen molar-refractivity contribution in [2.24, 2.45) is 0 Å². The second kappa shape index (κ2) is 8.09. The highest BCUT2D eigenvalue weighted by Crippen LogP contribution is 2.12. The average Bonchev–Trinajstić information content (AvgIpc) is 2.37. The van der Waals surface area contributed by atoms with Crippen molar-refractivity contribution in [2.75, 3.05) is 20.2 Å². The van der Waals surface area contributed by atoms with Crippen LogP contribution >= 0.6 is 0 Å². The molecule has 0 amide bonds. The van der Waals surface area contributed by atoms with E-state index in [9.17, 15) is 0 Å². The first kappa shape index (κ1) is 14.0. The first-order valence-electron chi connectivity index (χ1n) is 6.21. The summed E-state index contributed by atoms with van der Waals surface area (Å²) in [5, 5.41) is 3.34. The fraction of sp³-hybridized carbons (Fsp3) is 0.571. The number of hydrogen-bond acceptors (Lipinski definition) is 3. The van der Waals surface area contributed by atoms with Crippen molar-refractivity contribution in [1.82, 2.24) is 5.32 Å². The second-order valence-electron chi connectivity index (χ2n) is 4.17. The Labute approximate surface area is 104 Å². The minimum absolute atomic E-state index is 0.239. The van der Waals surface area contributed by atoms with Crippen molar-refractivity contribution in [3.8, 4) is 5.75 Å². The molecule has 0 aliphatic heterocycles. The van der Waals surface area contributed by atoms with Crippen LogP contribution in [0.3, 0.4) is 0 Å². The third kappa shape index (κ3) is 5.71. The Balaban J connectivity index is 2.24. The maximum Gasteiger partial charge on any atom is 0.118 e. The molecule has 1 unspecified atom stereocenters. The van der Waals surface area contributed by atoms with Gasteiger partial charge in [0.2, 0.25) is 0 Å². The molecule has 0 radical (unpaired) electrons. The lowest BCUT2D eigenvalue weighted by Crippen LogP contribution is -2.27. The number of methoxy groups -OCH3 is 1. The molecule has 1 aromatic carbocycles. The van der Waals surface area contributed by atoms with E-state index < -0.39 is 0 Å². The van der Waals surface area contributed by atoms with Crippen LogP contribution in [-0.4, -0.2) is 26.3 Å². The lowest BCUT2D eigenvalue weighted by atomic mass is 10.2. The van der Waals surface area contributed by atoms with Gasteiger partial charge in [-0.1, -0.05) is 19.1 Å². The van der Waals surface area contributed by atoms with Gasteiger partial charge in [0.15, 0.2) is 0 Å². The van der Waals surface area contributed by atoms with Crippen LogP contribution in [0.25, 0.3) is 0 Å². The van der Waals surface area contributed by atoms with Gasteiger partial charge in [-0.2, -0.15) is 0 Å². The summed E-state index contributed by atoms with van der Waals surface area (Å²) in [5.41, 5.74) is 1.17. The molecule has 0 aliphatic rings. The van der Waals surface area contributed by atoms with Crippen LogP contribution in [0.15, 0.2) is 24.3 Å². The highest BCUT2D eigenvalue weighted by Gasteiger charge is 2.02. The van der Waals surface area contributed by atoms with E-state index in [2.05, 4.69) is 19.2 Å². The lowest BCUT2D eigenvalue weighted by molar-refractivity contribution is 0.0533. The highest BCUT2D eigenvalue weighted by atomic mass is 16.5. The molecule has 0 heterocycles. The van der Waals surface area contributed by atoms with Gasteiger partial charge < -0.3 is 14.8 Å². The summed E-state index contributed by atoms with van der Waals surface area (Å²) in [6.07, 6.45) is 1.40. The summed E-state index contributed by atoms with van der Waals surface area (Å²) in [4.78, 5) is 0. The highest BCUT2D eigenvalue weighted by molar-refractivity contribution is 5.26. The normalized spacial score (nSPS) is 12.4. The molecular weight excluding hydrogens is 214 g/mol. The third-order valence-electron chi connectivity index (χ3n) is 2.55. The number of nitrogens with one attached hydrogen (secondary N) is 1. The Kier molecular flexibility index (Phi) is 6.67. The summed E-state index contributed by atoms with van der Waals surface area (Å²) in [6, 6.07) is 7.98. The Bertz CT molecular complexity index is 298. The lowest BCUT2D eigenvalue weighted by Gasteiger charge is -2.13. The van der Waals surface area contributed by atoms with Gasteiger partial charge in [0.05, 0.1) is 19.8 Å². The van der Waals surface area contributed by atoms with E-state index in [1.807, 2.05) is 24.3 Å². The summed E-state index contributed by atoms with van der Waals surface area (Å²) in [6.45, 7) is 6.86. The SMILES string of the molecule is CCCNCC(C)OCc1ccc(OC)cc1. The molecule has 3 heteroatoms. The number of ether oxygens (including phenoxy) is 2. The summed E-state index contributed by atoms with van der Waals surface area (Å²) < 4.78 is 10.9. The molecule has 1 N–H and O–H groups in total. The largest absolute Gasteiger partial charge is 0.497 e. The minimum atomic E-state index is 0.239. The molecule has 1 aromatic rings. The van der Waals surface area contributed by atoms with E-state index in [1.54, 1.807) is 7.11 Å². The van der Waals surface area contributed by atoms with Crippen molar-refractivity contribution in [2.45, 2.75) is 33.0 Å². The summed E-state index contributed by atoms with van der Waals surface area (Å²) >= 11 is 0. The monoisotopic (exact) mass is 237 g/mol. The Hall–Kier alpha value is -1.06. The molecule has 0 saturated heterocycles. The quantitative estimate of drug-likeness (QED) is 0.705. The van der Waals surface area contributed by atoms with Gasteiger partial charge in [0.25, 0.3) is 0 Å². The Morgan fingerprint density at radius 2 is 1.94 bits per heavy atom. The van der Waals surface area contributed by atoms with Crippen molar-refractivity contribution in [3.63, 3.8) is 0 Å². The minimum Gasteiger partial charge on any atom is -0.497 e. The fourth-order valence-corrected chi connectivity index (χ4v) is 1.50. The van der Waals surface area contributed by atoms with Gasteiger partial charge >= 0.3 is 0 Å². The van der Waals surface area contributed by atoms with E-state index in [1.165, 1.54) is 5.56 Å². The number of benzene rings is 1. The van der Waals surface area contributed by atoms with Crippen LogP contribution in [0.5, 0.6) is 5.75 Å². The predicted octanol–water partition coefficient (Wildman–Crippen LogP) is 2.60. The van der Waals surface area contributed by atoms with E-state index in [-0.39, 0.29) is 6.10 Å². The molecule has 1 atom stereocenters. The standard InChI is InChI=1S/C14H23NO2/c1-4-9-15-10-12(2)17-11-13-5-7-14(16-3)8-6-13/h5-8,12,15H,4,9-11H2,1-3H3. The van der Waals surface area contributed by atoms with Crippen molar-refractivity contribution in [3.05, 3.63) is 29.8 Å². The van der Waals surface area contributed by atoms with Crippen LogP contribution in [-0.2, 0) is 11.3 Å². The molecule has 3 nitrogen and oxygen atoms in total. The molecule has 0 aliphatic carbocycles. The van der Waals surface area contributed by atoms with E-state index >= 15 is 0 Å². The van der Waals surface area contributed by atoms with Gasteiger partial charge in [-0.25, -0.2) is 0 Å². The Morgan fingerprint density at radius 3 is 2.53 bits per heavy atom. The zero-order valence-corrected chi connectivity index (χ0v) is 11.0. The smallest absolute Gasteiger partial charge is 0.118 e. The first-order valence-corrected chi connectivity index (χ1v) is 6.21. The number of hydrogen-bond donors (Lipinski definition) is 1. The summed E-state index contributed by atoms with van der Waals surface area (Å²) in [5.74, 6) is 0.881. The maximum atomic E-state index is 5.74. The predicted molar refractivity (Wildman–Crippen MR) is 70.4 cm³/mol. The van der Waals surface area contributed by atoms with Crippen LogP contribution in [0.4, 0.5) is 0 Å². The molecule has 0 aromatic heterocycles. The molecule has 0 bridgehead atoms.